The molecule has 0 spiro atoms. The number of para-hydroxylation sites is 1. The van der Waals surface area contributed by atoms with Gasteiger partial charge in [-0.2, -0.15) is 0 Å². The number of benzene rings is 3. The van der Waals surface area contributed by atoms with Crippen molar-refractivity contribution in [2.75, 3.05) is 26.2 Å². The zero-order chi connectivity index (χ0) is 55.7. The van der Waals surface area contributed by atoms with Gasteiger partial charge in [0.1, 0.15) is 36.3 Å². The van der Waals surface area contributed by atoms with Gasteiger partial charge in [-0.15, -0.1) is 0 Å². The predicted octanol–water partition coefficient (Wildman–Crippen LogP) is -1.29. The number of aromatic nitrogens is 1. The van der Waals surface area contributed by atoms with E-state index in [4.69, 9.17) is 32.8 Å². The predicted molar refractivity (Wildman–Crippen MR) is 285 cm³/mol. The molecule has 414 valence electrons. The summed E-state index contributed by atoms with van der Waals surface area (Å²) in [5.41, 5.74) is 19.8. The van der Waals surface area contributed by atoms with E-state index >= 15 is 0 Å². The van der Waals surface area contributed by atoms with Crippen LogP contribution in [0.5, 0.6) is 0 Å². The topological polar surface area (TPSA) is 416 Å². The van der Waals surface area contributed by atoms with Gasteiger partial charge in [0.05, 0.1) is 25.7 Å². The smallest absolute Gasteiger partial charge is 0.326 e. The van der Waals surface area contributed by atoms with Crippen LogP contribution in [0.15, 0.2) is 91.1 Å². The number of guanidine groups is 2. The molecule has 25 heteroatoms. The number of fused-ring (bicyclic) bond motifs is 1. The molecule has 7 amide bonds. The van der Waals surface area contributed by atoms with E-state index in [0.717, 1.165) is 16.5 Å². The highest BCUT2D eigenvalue weighted by atomic mass is 16.5. The number of ether oxygens (including phenoxy) is 1. The third-order valence-corrected chi connectivity index (χ3v) is 12.5. The molecule has 4 aromatic rings. The van der Waals surface area contributed by atoms with Crippen LogP contribution in [0.1, 0.15) is 68.1 Å². The van der Waals surface area contributed by atoms with E-state index in [2.05, 4.69) is 52.8 Å². The maximum absolute atomic E-state index is 14.7. The number of carbonyl (C=O) groups excluding carboxylic acids is 7. The molecular formula is C52H71N15O10. The normalized spacial score (nSPS) is 20.9. The zero-order valence-corrected chi connectivity index (χ0v) is 42.7. The molecule has 0 aliphatic carbocycles. The third kappa shape index (κ3) is 20.2. The largest absolute Gasteiger partial charge is 0.480 e. The lowest BCUT2D eigenvalue weighted by molar-refractivity contribution is -0.142. The highest BCUT2D eigenvalue weighted by molar-refractivity contribution is 5.98. The fraction of sp³-hybridized carbons (Fsp3) is 0.423. The van der Waals surface area contributed by atoms with Crippen LogP contribution in [-0.2, 0) is 62.5 Å². The summed E-state index contributed by atoms with van der Waals surface area (Å²) in [5.74, 6) is -7.89. The van der Waals surface area contributed by atoms with Crippen LogP contribution in [0.4, 0.5) is 0 Å². The summed E-state index contributed by atoms with van der Waals surface area (Å²) >= 11 is 0. The Kier molecular flexibility index (Phi) is 23.6. The average Bonchev–Trinajstić information content (AvgIpc) is 3.81. The first-order valence-corrected chi connectivity index (χ1v) is 25.4. The van der Waals surface area contributed by atoms with Gasteiger partial charge < -0.3 is 79.9 Å². The number of carbonyl (C=O) groups is 8. The highest BCUT2D eigenvalue weighted by Crippen LogP contribution is 2.20. The van der Waals surface area contributed by atoms with Crippen molar-refractivity contribution < 1.29 is 48.2 Å². The molecule has 0 bridgehead atoms. The van der Waals surface area contributed by atoms with E-state index in [0.29, 0.717) is 17.5 Å². The summed E-state index contributed by atoms with van der Waals surface area (Å²) in [4.78, 5) is 115. The molecule has 1 saturated heterocycles. The van der Waals surface area contributed by atoms with E-state index in [-0.39, 0.29) is 89.5 Å². The Morgan fingerprint density at radius 3 is 1.94 bits per heavy atom. The molecule has 1 aromatic heterocycles. The molecule has 0 radical (unpaired) electrons. The molecule has 1 aliphatic heterocycles. The number of hydrogen-bond donors (Lipinski definition) is 16. The number of H-pyrrole nitrogens is 1. The average molecular weight is 1070 g/mol. The van der Waals surface area contributed by atoms with Crippen LogP contribution < -0.4 is 65.1 Å². The van der Waals surface area contributed by atoms with Crippen LogP contribution >= 0.6 is 0 Å². The molecule has 2 heterocycles. The summed E-state index contributed by atoms with van der Waals surface area (Å²) in [6.07, 6.45) is 1.59. The number of carboxylic acid groups (broad SMARTS) is 1. The highest BCUT2D eigenvalue weighted by Gasteiger charge is 2.35. The summed E-state index contributed by atoms with van der Waals surface area (Å²) in [7, 11) is 0. The van der Waals surface area contributed by atoms with Gasteiger partial charge in [-0.05, 0) is 67.7 Å². The minimum absolute atomic E-state index is 0.00513. The van der Waals surface area contributed by atoms with Crippen molar-refractivity contribution >= 4 is 70.1 Å². The molecule has 5 rings (SSSR count). The van der Waals surface area contributed by atoms with Gasteiger partial charge in [0.25, 0.3) is 0 Å². The minimum atomic E-state index is -1.61. The fourth-order valence-electron chi connectivity index (χ4n) is 8.38. The molecule has 7 atom stereocenters. The fourth-order valence-corrected chi connectivity index (χ4v) is 8.38. The number of carboxylic acids is 1. The molecule has 25 nitrogen and oxygen atoms in total. The maximum atomic E-state index is 14.7. The molecule has 19 N–H and O–H groups in total. The quantitative estimate of drug-likeness (QED) is 0.0295. The Balaban J connectivity index is 1.52. The molecule has 0 unspecified atom stereocenters. The van der Waals surface area contributed by atoms with Crippen molar-refractivity contribution in [1.29, 1.82) is 10.8 Å². The number of nitrogens with two attached hydrogens (primary N) is 3. The Morgan fingerprint density at radius 2 is 1.26 bits per heavy atom. The number of aromatic amines is 1. The molecule has 1 aliphatic rings. The third-order valence-electron chi connectivity index (χ3n) is 12.5. The van der Waals surface area contributed by atoms with E-state index in [1.54, 1.807) is 72.9 Å². The monoisotopic (exact) mass is 1070 g/mol. The summed E-state index contributed by atoms with van der Waals surface area (Å²) in [5, 5.41) is 49.9. The van der Waals surface area contributed by atoms with Crippen molar-refractivity contribution in [2.24, 2.45) is 17.2 Å². The standard InChI is InChI=1S/C52H71N15O10/c53-35(18-11-23-59-51(54)55)44(69)64-41-27-43(68)58-22-10-9-20-38(50(75)76)63-47(72)40(26-33-28-61-36-19-8-7-17-34(33)36)66-45(70)37(21-12-24-60-52(56)57)62-46(71)39(25-31-13-3-1-4-14-31)65-49(74)42(67-48(41)73)30-77-29-32-15-5-2-6-16-32/h1-8,13-17,19,28,35,37-42,61H,9-12,18,20-27,29-30,53H2,(H,58,68)(H,62,71)(H,63,72)(H,64,69)(H,65,74)(H,66,70)(H,67,73)(H,75,76)(H4,54,55,59)(H4,56,57,60)/t35-,37-,38-,39+,40-,41-,42-/m0/s1. The van der Waals surface area contributed by atoms with Gasteiger partial charge in [-0.3, -0.25) is 44.4 Å². The van der Waals surface area contributed by atoms with E-state index in [9.17, 15) is 43.5 Å². The lowest BCUT2D eigenvalue weighted by Crippen LogP contribution is -2.61. The Morgan fingerprint density at radius 1 is 0.688 bits per heavy atom. The lowest BCUT2D eigenvalue weighted by atomic mass is 10.0. The first kappa shape index (κ1) is 59.3. The first-order chi connectivity index (χ1) is 37.0. The van der Waals surface area contributed by atoms with Crippen molar-refractivity contribution in [2.45, 2.75) is 113 Å². The van der Waals surface area contributed by atoms with E-state index in [1.807, 2.05) is 18.2 Å². The lowest BCUT2D eigenvalue weighted by Gasteiger charge is -2.28. The Hall–Kier alpha value is -8.58. The van der Waals surface area contributed by atoms with Crippen LogP contribution in [0.2, 0.25) is 0 Å². The van der Waals surface area contributed by atoms with Crippen LogP contribution in [0.25, 0.3) is 10.9 Å². The SMILES string of the molecule is N=C(N)NCCC[C@@H]1NC(=O)[C@@H](Cc2ccccc2)NC(=O)[C@H](COCc2ccccc2)NC(=O)[C@@H](NC(=O)[C@@H](N)CCCNC(=N)N)CC(=O)NCCCC[C@@H](C(=O)O)NC(=O)[C@H](Cc2c[nH]c3ccccc23)NC1=O. The van der Waals surface area contributed by atoms with E-state index < -0.39 is 103 Å². The number of aliphatic carboxylic acids is 1. The molecular weight excluding hydrogens is 995 g/mol. The van der Waals surface area contributed by atoms with Crippen LogP contribution in [0.3, 0.4) is 0 Å². The molecule has 1 fully saturated rings. The first-order valence-electron chi connectivity index (χ1n) is 25.4. The van der Waals surface area contributed by atoms with Gasteiger partial charge in [0.15, 0.2) is 11.9 Å². The number of nitrogens with one attached hydrogen (secondary N) is 12. The second kappa shape index (κ2) is 30.7. The van der Waals surface area contributed by atoms with Crippen molar-refractivity contribution in [3.8, 4) is 0 Å². The number of amides is 7. The van der Waals surface area contributed by atoms with Crippen LogP contribution in [0, 0.1) is 10.8 Å². The number of hydrogen-bond acceptors (Lipinski definition) is 12. The zero-order valence-electron chi connectivity index (χ0n) is 42.7. The molecule has 0 saturated carbocycles. The van der Waals surface area contributed by atoms with Crippen molar-refractivity contribution in [1.82, 2.24) is 52.8 Å². The van der Waals surface area contributed by atoms with Crippen LogP contribution in [-0.4, -0.2) is 138 Å². The summed E-state index contributed by atoms with van der Waals surface area (Å²) in [6, 6.07) is 14.8. The second-order valence-electron chi connectivity index (χ2n) is 18.6. The number of rotatable bonds is 19. The van der Waals surface area contributed by atoms with Crippen molar-refractivity contribution in [3.63, 3.8) is 0 Å². The summed E-state index contributed by atoms with van der Waals surface area (Å²) < 4.78 is 5.96. The molecule has 3 aromatic carbocycles. The second-order valence-corrected chi connectivity index (χ2v) is 18.6. The Labute approximate surface area is 445 Å². The van der Waals surface area contributed by atoms with Gasteiger partial charge >= 0.3 is 5.97 Å². The molecule has 77 heavy (non-hydrogen) atoms. The maximum Gasteiger partial charge on any atom is 0.326 e. The van der Waals surface area contributed by atoms with E-state index in [1.165, 1.54) is 0 Å². The van der Waals surface area contributed by atoms with Crippen molar-refractivity contribution in [3.05, 3.63) is 108 Å². The summed E-state index contributed by atoms with van der Waals surface area (Å²) in [6.45, 7) is -0.145. The van der Waals surface area contributed by atoms with Gasteiger partial charge in [-0.25, -0.2) is 4.79 Å². The Bertz CT molecular complexity index is 2650. The van der Waals surface area contributed by atoms with Gasteiger partial charge in [-0.1, -0.05) is 78.9 Å². The minimum Gasteiger partial charge on any atom is -0.480 e. The van der Waals surface area contributed by atoms with Gasteiger partial charge in [0.2, 0.25) is 41.4 Å². The van der Waals surface area contributed by atoms with Gasteiger partial charge in [0, 0.05) is 49.6 Å².